The van der Waals surface area contributed by atoms with Crippen LogP contribution in [0.1, 0.15) is 41.6 Å². The van der Waals surface area contributed by atoms with Gasteiger partial charge in [0.05, 0.1) is 10.5 Å². The summed E-state index contributed by atoms with van der Waals surface area (Å²) >= 11 is 0. The van der Waals surface area contributed by atoms with E-state index in [-0.39, 0.29) is 17.0 Å². The fourth-order valence-corrected chi connectivity index (χ4v) is 4.75. The van der Waals surface area contributed by atoms with Gasteiger partial charge < -0.3 is 19.8 Å². The van der Waals surface area contributed by atoms with Crippen molar-refractivity contribution in [2.45, 2.75) is 31.1 Å². The first-order chi connectivity index (χ1) is 15.1. The van der Waals surface area contributed by atoms with Crippen LogP contribution in [0.4, 0.5) is 5.69 Å². The number of benzene rings is 2. The van der Waals surface area contributed by atoms with Gasteiger partial charge in [-0.05, 0) is 36.6 Å². The molecule has 2 aromatic carbocycles. The molecule has 0 bridgehead atoms. The number of carbonyl (C=O) groups is 1. The van der Waals surface area contributed by atoms with Crippen molar-refractivity contribution in [3.05, 3.63) is 63.8 Å². The molecule has 1 fully saturated rings. The molecule has 1 aromatic heterocycles. The molecule has 2 N–H and O–H groups in total. The van der Waals surface area contributed by atoms with Crippen LogP contribution in [0.15, 0.2) is 42.6 Å². The Labute approximate surface area is 178 Å². The molecule has 1 aliphatic heterocycles. The molecule has 2 heterocycles. The second-order valence-corrected chi connectivity index (χ2v) is 8.22. The number of nitrogens with one attached hydrogen (secondary N) is 2. The maximum Gasteiger partial charge on any atom is 0.270 e. The smallest absolute Gasteiger partial charge is 0.270 e. The number of fused-ring (bicyclic) bond motifs is 2. The normalized spacial score (nSPS) is 16.9. The summed E-state index contributed by atoms with van der Waals surface area (Å²) in [6, 6.07) is 10.5. The zero-order valence-electron chi connectivity index (χ0n) is 17.0. The second kappa shape index (κ2) is 7.61. The van der Waals surface area contributed by atoms with Crippen molar-refractivity contribution in [1.29, 1.82) is 0 Å². The van der Waals surface area contributed by atoms with Crippen LogP contribution < -0.4 is 14.8 Å². The first-order valence-corrected chi connectivity index (χ1v) is 10.5. The highest BCUT2D eigenvalue weighted by atomic mass is 16.6. The molecular formula is C23H23N3O5. The minimum atomic E-state index is -0.455. The van der Waals surface area contributed by atoms with Gasteiger partial charge in [-0.3, -0.25) is 14.9 Å². The standard InChI is InChI=1S/C23H23N3O5/c27-22(18-13-24-19-5-4-16(26(28)29)12-17(18)19)25-14-23(7-1-2-8-23)15-3-6-20-21(11-15)31-10-9-30-20/h3-6,11-13,24H,1-2,7-10,14H2,(H,25,27). The molecule has 5 rings (SSSR count). The number of amides is 1. The third-order valence-electron chi connectivity index (χ3n) is 6.42. The van der Waals surface area contributed by atoms with Gasteiger partial charge in [-0.2, -0.15) is 0 Å². The number of ether oxygens (including phenoxy) is 2. The van der Waals surface area contributed by atoms with Gasteiger partial charge in [-0.15, -0.1) is 0 Å². The first-order valence-electron chi connectivity index (χ1n) is 10.5. The minimum absolute atomic E-state index is 0.0373. The molecule has 1 amide bonds. The lowest BCUT2D eigenvalue weighted by Crippen LogP contribution is -2.39. The van der Waals surface area contributed by atoms with Gasteiger partial charge in [-0.1, -0.05) is 18.9 Å². The average molecular weight is 421 g/mol. The Morgan fingerprint density at radius 3 is 2.65 bits per heavy atom. The van der Waals surface area contributed by atoms with E-state index in [1.165, 1.54) is 12.1 Å². The van der Waals surface area contributed by atoms with Crippen LogP contribution in [0.3, 0.4) is 0 Å². The van der Waals surface area contributed by atoms with Crippen molar-refractivity contribution in [3.63, 3.8) is 0 Å². The molecule has 1 saturated carbocycles. The Morgan fingerprint density at radius 1 is 1.10 bits per heavy atom. The summed E-state index contributed by atoms with van der Waals surface area (Å²) in [7, 11) is 0. The van der Waals surface area contributed by atoms with Crippen LogP contribution in [0.2, 0.25) is 0 Å². The average Bonchev–Trinajstić information content (AvgIpc) is 3.44. The summed E-state index contributed by atoms with van der Waals surface area (Å²) in [5, 5.41) is 14.8. The van der Waals surface area contributed by atoms with E-state index in [1.54, 1.807) is 12.3 Å². The van der Waals surface area contributed by atoms with Crippen molar-refractivity contribution in [1.82, 2.24) is 10.3 Å². The molecule has 0 spiro atoms. The third-order valence-corrected chi connectivity index (χ3v) is 6.42. The predicted octanol–water partition coefficient (Wildman–Crippen LogP) is 4.09. The van der Waals surface area contributed by atoms with Gasteiger partial charge in [0.1, 0.15) is 13.2 Å². The maximum atomic E-state index is 13.0. The molecule has 3 aromatic rings. The number of nitrogens with zero attached hydrogens (tertiary/aromatic N) is 1. The van der Waals surface area contributed by atoms with E-state index in [9.17, 15) is 14.9 Å². The molecule has 0 saturated heterocycles. The highest BCUT2D eigenvalue weighted by Gasteiger charge is 2.37. The zero-order chi connectivity index (χ0) is 21.4. The number of carbonyl (C=O) groups excluding carboxylic acids is 1. The number of H-pyrrole nitrogens is 1. The lowest BCUT2D eigenvalue weighted by molar-refractivity contribution is -0.384. The number of nitro groups is 1. The quantitative estimate of drug-likeness (QED) is 0.477. The van der Waals surface area contributed by atoms with Crippen molar-refractivity contribution < 1.29 is 19.2 Å². The first kappa shape index (κ1) is 19.4. The number of aromatic nitrogens is 1. The summed E-state index contributed by atoms with van der Waals surface area (Å²) < 4.78 is 11.4. The fourth-order valence-electron chi connectivity index (χ4n) is 4.75. The van der Waals surface area contributed by atoms with Gasteiger partial charge in [-0.25, -0.2) is 0 Å². The molecule has 0 radical (unpaired) electrons. The van der Waals surface area contributed by atoms with Gasteiger partial charge in [0.25, 0.3) is 11.6 Å². The van der Waals surface area contributed by atoms with Crippen molar-refractivity contribution in [3.8, 4) is 11.5 Å². The van der Waals surface area contributed by atoms with Crippen molar-refractivity contribution >= 4 is 22.5 Å². The molecule has 2 aliphatic rings. The highest BCUT2D eigenvalue weighted by Crippen LogP contribution is 2.44. The maximum absolute atomic E-state index is 13.0. The van der Waals surface area contributed by atoms with Crippen molar-refractivity contribution in [2.75, 3.05) is 19.8 Å². The number of non-ortho nitro benzene ring substituents is 1. The van der Waals surface area contributed by atoms with E-state index in [1.807, 2.05) is 12.1 Å². The fraction of sp³-hybridized carbons (Fsp3) is 0.348. The monoisotopic (exact) mass is 421 g/mol. The Kier molecular flexibility index (Phi) is 4.77. The SMILES string of the molecule is O=C(NCC1(c2ccc3c(c2)OCCO3)CCCC1)c1c[nH]c2ccc([N+](=O)[O-])cc12. The molecule has 160 valence electrons. The highest BCUT2D eigenvalue weighted by molar-refractivity contribution is 6.07. The van der Waals surface area contributed by atoms with Crippen LogP contribution in [-0.4, -0.2) is 35.6 Å². The van der Waals surface area contributed by atoms with Gasteiger partial charge in [0, 0.05) is 41.2 Å². The largest absolute Gasteiger partial charge is 0.486 e. The van der Waals surface area contributed by atoms with Crippen LogP contribution in [-0.2, 0) is 5.41 Å². The van der Waals surface area contributed by atoms with Gasteiger partial charge in [0.2, 0.25) is 0 Å². The third kappa shape index (κ3) is 3.48. The summed E-state index contributed by atoms with van der Waals surface area (Å²) in [6.45, 7) is 1.58. The van der Waals surface area contributed by atoms with E-state index in [4.69, 9.17) is 9.47 Å². The Balaban J connectivity index is 1.40. The lowest BCUT2D eigenvalue weighted by atomic mass is 9.78. The van der Waals surface area contributed by atoms with Crippen LogP contribution in [0, 0.1) is 10.1 Å². The zero-order valence-corrected chi connectivity index (χ0v) is 17.0. The van der Waals surface area contributed by atoms with Crippen LogP contribution >= 0.6 is 0 Å². The summed E-state index contributed by atoms with van der Waals surface area (Å²) in [6.07, 6.45) is 5.76. The van der Waals surface area contributed by atoms with E-state index >= 15 is 0 Å². The predicted molar refractivity (Wildman–Crippen MR) is 115 cm³/mol. The number of aromatic amines is 1. The van der Waals surface area contributed by atoms with Crippen molar-refractivity contribution in [2.24, 2.45) is 0 Å². The van der Waals surface area contributed by atoms with E-state index in [0.717, 1.165) is 42.7 Å². The summed E-state index contributed by atoms with van der Waals surface area (Å²) in [5.74, 6) is 1.27. The summed E-state index contributed by atoms with van der Waals surface area (Å²) in [5.41, 5.74) is 2.05. The molecule has 0 unspecified atom stereocenters. The van der Waals surface area contributed by atoms with Gasteiger partial charge in [0.15, 0.2) is 11.5 Å². The van der Waals surface area contributed by atoms with E-state index < -0.39 is 4.92 Å². The van der Waals surface area contributed by atoms with E-state index in [0.29, 0.717) is 36.2 Å². The Hall–Kier alpha value is -3.55. The number of rotatable bonds is 5. The Morgan fingerprint density at radius 2 is 1.87 bits per heavy atom. The molecular weight excluding hydrogens is 398 g/mol. The molecule has 31 heavy (non-hydrogen) atoms. The number of nitro benzene ring substituents is 1. The number of hydrogen-bond donors (Lipinski definition) is 2. The summed E-state index contributed by atoms with van der Waals surface area (Å²) in [4.78, 5) is 26.7. The Bertz CT molecular complexity index is 1160. The van der Waals surface area contributed by atoms with Gasteiger partial charge >= 0.3 is 0 Å². The molecule has 8 nitrogen and oxygen atoms in total. The lowest BCUT2D eigenvalue weighted by Gasteiger charge is -2.31. The number of hydrogen-bond acceptors (Lipinski definition) is 5. The van der Waals surface area contributed by atoms with E-state index in [2.05, 4.69) is 16.4 Å². The second-order valence-electron chi connectivity index (χ2n) is 8.22. The minimum Gasteiger partial charge on any atom is -0.486 e. The van der Waals surface area contributed by atoms with Crippen LogP contribution in [0.25, 0.3) is 10.9 Å². The molecule has 0 atom stereocenters. The topological polar surface area (TPSA) is 106 Å². The molecule has 1 aliphatic carbocycles. The van der Waals surface area contributed by atoms with Crippen LogP contribution in [0.5, 0.6) is 11.5 Å². The molecule has 8 heteroatoms.